The lowest BCUT2D eigenvalue weighted by Gasteiger charge is -2.04. The third-order valence-corrected chi connectivity index (χ3v) is 3.43. The summed E-state index contributed by atoms with van der Waals surface area (Å²) in [6.45, 7) is 2.41. The van der Waals surface area contributed by atoms with Gasteiger partial charge in [0.05, 0.1) is 10.2 Å². The Bertz CT molecular complexity index is 283. The molecule has 0 radical (unpaired) electrons. The van der Waals surface area contributed by atoms with Crippen LogP contribution in [0.5, 0.6) is 0 Å². The Balaban J connectivity index is 4.28. The van der Waals surface area contributed by atoms with Gasteiger partial charge in [-0.15, -0.1) is 0 Å². The fraction of sp³-hybridized carbons (Fsp3) is 1.00. The van der Waals surface area contributed by atoms with Crippen LogP contribution in [0, 0.1) is 5.39 Å². The zero-order valence-corrected chi connectivity index (χ0v) is 9.20. The number of diazo groups is 1. The van der Waals surface area contributed by atoms with Crippen molar-refractivity contribution in [3.63, 3.8) is 0 Å². The number of sulfonamides is 1. The minimum absolute atomic E-state index is 0.0120. The highest BCUT2D eigenvalue weighted by atomic mass is 32.2. The first kappa shape index (κ1) is 13.1. The van der Waals surface area contributed by atoms with Gasteiger partial charge in [-0.1, -0.05) is 13.3 Å². The third kappa shape index (κ3) is 4.39. The summed E-state index contributed by atoms with van der Waals surface area (Å²) in [5, 5.41) is 11.3. The van der Waals surface area contributed by atoms with E-state index in [4.69, 9.17) is 11.1 Å². The number of unbranched alkanes of at least 4 members (excludes halogenated alkanes) is 1. The smallest absolute Gasteiger partial charge is 0.322 e. The van der Waals surface area contributed by atoms with Crippen LogP contribution in [0.1, 0.15) is 26.2 Å². The largest absolute Gasteiger partial charge is 0.330 e. The molecular formula is C7H17N4O2S+. The van der Waals surface area contributed by atoms with Crippen LogP contribution in [0.15, 0.2) is 0 Å². The molecule has 0 amide bonds. The molecule has 0 aliphatic carbocycles. The fourth-order valence-corrected chi connectivity index (χ4v) is 2.28. The van der Waals surface area contributed by atoms with Gasteiger partial charge in [0.25, 0.3) is 15.4 Å². The minimum atomic E-state index is -3.45. The average molecular weight is 221 g/mol. The van der Waals surface area contributed by atoms with Gasteiger partial charge in [-0.05, 0) is 19.4 Å². The van der Waals surface area contributed by atoms with Crippen molar-refractivity contribution in [1.29, 1.82) is 5.39 Å². The normalized spacial score (nSPS) is 10.9. The maximum Gasteiger partial charge on any atom is 0.322 e. The lowest BCUT2D eigenvalue weighted by Crippen LogP contribution is -2.29. The lowest BCUT2D eigenvalue weighted by atomic mass is 10.4. The summed E-state index contributed by atoms with van der Waals surface area (Å²) in [5.41, 5.74) is 5.23. The van der Waals surface area contributed by atoms with E-state index in [0.717, 1.165) is 6.42 Å². The summed E-state index contributed by atoms with van der Waals surface area (Å²) in [6.07, 6.45) is 1.84. The Morgan fingerprint density at radius 2 is 2.07 bits per heavy atom. The van der Waals surface area contributed by atoms with Crippen LogP contribution < -0.4 is 5.73 Å². The number of hydrogen-bond acceptors (Lipinski definition) is 4. The number of rotatable bonds is 7. The molecular weight excluding hydrogens is 204 g/mol. The lowest BCUT2D eigenvalue weighted by molar-refractivity contribution is 0.480. The van der Waals surface area contributed by atoms with E-state index in [1.54, 1.807) is 0 Å². The second kappa shape index (κ2) is 6.56. The molecule has 0 saturated carbocycles. The topological polar surface area (TPSA) is 91.6 Å². The van der Waals surface area contributed by atoms with Gasteiger partial charge in [-0.3, -0.25) is 0 Å². The number of nitrogens with zero attached hydrogens (tertiary/aromatic N) is 3. The van der Waals surface area contributed by atoms with Crippen molar-refractivity contribution < 1.29 is 8.42 Å². The second-order valence-corrected chi connectivity index (χ2v) is 4.94. The van der Waals surface area contributed by atoms with Crippen LogP contribution in [0.3, 0.4) is 0 Å². The van der Waals surface area contributed by atoms with Crippen molar-refractivity contribution in [2.45, 2.75) is 26.2 Å². The summed E-state index contributed by atoms with van der Waals surface area (Å²) in [7, 11) is -3.45. The van der Waals surface area contributed by atoms with Crippen LogP contribution in [-0.2, 0) is 10.0 Å². The number of nitrogens with two attached hydrogens (primary N) is 1. The molecule has 0 bridgehead atoms. The van der Waals surface area contributed by atoms with Gasteiger partial charge >= 0.3 is 5.08 Å². The summed E-state index contributed by atoms with van der Waals surface area (Å²) in [4.78, 5) is 0. The van der Waals surface area contributed by atoms with E-state index in [1.807, 2.05) is 6.92 Å². The molecule has 0 saturated heterocycles. The molecule has 0 fully saturated rings. The molecule has 14 heavy (non-hydrogen) atoms. The van der Waals surface area contributed by atoms with Crippen molar-refractivity contribution in [2.24, 2.45) is 5.73 Å². The molecule has 0 aliphatic heterocycles. The molecule has 7 heteroatoms. The van der Waals surface area contributed by atoms with Gasteiger partial charge in [-0.25, -0.2) is 8.42 Å². The van der Waals surface area contributed by atoms with E-state index in [0.29, 0.717) is 23.8 Å². The van der Waals surface area contributed by atoms with Gasteiger partial charge in [0, 0.05) is 0 Å². The SMILES string of the molecule is CCCCS(=O)(=O)N(CCCN)[N+]#N. The Labute approximate surface area is 84.7 Å². The molecule has 0 aromatic rings. The highest BCUT2D eigenvalue weighted by Crippen LogP contribution is 2.06. The summed E-state index contributed by atoms with van der Waals surface area (Å²) in [6, 6.07) is 0. The quantitative estimate of drug-likeness (QED) is 0.501. The molecule has 0 unspecified atom stereocenters. The molecule has 82 valence electrons. The first-order chi connectivity index (χ1) is 6.58. The van der Waals surface area contributed by atoms with E-state index >= 15 is 0 Å². The van der Waals surface area contributed by atoms with Crippen LogP contribution >= 0.6 is 0 Å². The van der Waals surface area contributed by atoms with Crippen LogP contribution in [0.25, 0.3) is 5.08 Å². The first-order valence-electron chi connectivity index (χ1n) is 4.64. The van der Waals surface area contributed by atoms with Crippen molar-refractivity contribution in [1.82, 2.24) is 4.41 Å². The average Bonchev–Trinajstić information content (AvgIpc) is 2.16. The Kier molecular flexibility index (Phi) is 6.16. The highest BCUT2D eigenvalue weighted by Gasteiger charge is 2.29. The van der Waals surface area contributed by atoms with Gasteiger partial charge in [-0.2, -0.15) is 0 Å². The molecule has 0 heterocycles. The number of hydrogen-bond donors (Lipinski definition) is 1. The molecule has 6 nitrogen and oxygen atoms in total. The van der Waals surface area contributed by atoms with E-state index in [1.165, 1.54) is 0 Å². The van der Waals surface area contributed by atoms with E-state index < -0.39 is 10.0 Å². The molecule has 0 aromatic carbocycles. The van der Waals surface area contributed by atoms with E-state index in [2.05, 4.69) is 5.08 Å². The maximum atomic E-state index is 11.5. The Morgan fingerprint density at radius 1 is 1.43 bits per heavy atom. The van der Waals surface area contributed by atoms with Gasteiger partial charge in [0.2, 0.25) is 0 Å². The van der Waals surface area contributed by atoms with Gasteiger partial charge in [0.15, 0.2) is 0 Å². The van der Waals surface area contributed by atoms with E-state index in [-0.39, 0.29) is 12.3 Å². The second-order valence-electron chi connectivity index (χ2n) is 2.95. The third-order valence-electron chi connectivity index (χ3n) is 1.73. The maximum absolute atomic E-state index is 11.5. The van der Waals surface area contributed by atoms with Crippen molar-refractivity contribution in [3.05, 3.63) is 5.08 Å². The Hall–Kier alpha value is -0.870. The predicted octanol–water partition coefficient (Wildman–Crippen LogP) is 0.535. The molecule has 0 spiro atoms. The molecule has 2 N–H and O–H groups in total. The zero-order chi connectivity index (χ0) is 11.0. The molecule has 0 rings (SSSR count). The first-order valence-corrected chi connectivity index (χ1v) is 6.25. The summed E-state index contributed by atoms with van der Waals surface area (Å²) < 4.78 is 23.6. The molecule has 0 aliphatic rings. The van der Waals surface area contributed by atoms with E-state index in [9.17, 15) is 8.42 Å². The van der Waals surface area contributed by atoms with Crippen molar-refractivity contribution >= 4 is 10.0 Å². The standard InChI is InChI=1S/C7H17N4O2S/c1-2-3-7-14(12,13)11(10-9)6-4-5-8/h2-8H2,1H3/q+1. The summed E-state index contributed by atoms with van der Waals surface area (Å²) in [5.74, 6) is 0.0120. The minimum Gasteiger partial charge on any atom is -0.330 e. The van der Waals surface area contributed by atoms with Crippen molar-refractivity contribution in [2.75, 3.05) is 18.8 Å². The van der Waals surface area contributed by atoms with Crippen LogP contribution in [-0.4, -0.2) is 31.7 Å². The molecule has 0 atom stereocenters. The van der Waals surface area contributed by atoms with Crippen molar-refractivity contribution in [3.8, 4) is 0 Å². The monoisotopic (exact) mass is 221 g/mol. The predicted molar refractivity (Wildman–Crippen MR) is 54.2 cm³/mol. The van der Waals surface area contributed by atoms with Crippen LogP contribution in [0.4, 0.5) is 0 Å². The van der Waals surface area contributed by atoms with Crippen LogP contribution in [0.2, 0.25) is 0 Å². The molecule has 0 aromatic heterocycles. The Morgan fingerprint density at radius 3 is 2.50 bits per heavy atom. The zero-order valence-electron chi connectivity index (χ0n) is 8.39. The van der Waals surface area contributed by atoms with Gasteiger partial charge < -0.3 is 5.73 Å². The summed E-state index contributed by atoms with van der Waals surface area (Å²) >= 11 is 0. The highest BCUT2D eigenvalue weighted by molar-refractivity contribution is 7.89. The fourth-order valence-electron chi connectivity index (χ4n) is 0.898. The van der Waals surface area contributed by atoms with Gasteiger partial charge in [0.1, 0.15) is 6.54 Å².